The molecule has 2 rings (SSSR count). The summed E-state index contributed by atoms with van der Waals surface area (Å²) in [7, 11) is 0. The van der Waals surface area contributed by atoms with Gasteiger partial charge in [0.1, 0.15) is 0 Å². The van der Waals surface area contributed by atoms with Gasteiger partial charge in [0.2, 0.25) is 0 Å². The molecule has 0 aromatic rings. The number of hydrogen-bond acceptors (Lipinski definition) is 1. The van der Waals surface area contributed by atoms with Crippen LogP contribution in [0.5, 0.6) is 0 Å². The second-order valence-electron chi connectivity index (χ2n) is 6.99. The van der Waals surface area contributed by atoms with Gasteiger partial charge >= 0.3 is 0 Å². The predicted molar refractivity (Wildman–Crippen MR) is 70.6 cm³/mol. The zero-order valence-electron chi connectivity index (χ0n) is 11.4. The van der Waals surface area contributed by atoms with Crippen LogP contribution in [0.3, 0.4) is 0 Å². The fourth-order valence-corrected chi connectivity index (χ4v) is 3.54. The normalized spacial score (nSPS) is 37.3. The lowest BCUT2D eigenvalue weighted by molar-refractivity contribution is 0.299. The van der Waals surface area contributed by atoms with Gasteiger partial charge in [0, 0.05) is 0 Å². The first-order valence-corrected chi connectivity index (χ1v) is 7.29. The Labute approximate surface area is 101 Å². The van der Waals surface area contributed by atoms with E-state index in [1.165, 1.54) is 58.0 Å². The van der Waals surface area contributed by atoms with Gasteiger partial charge in [0.05, 0.1) is 0 Å². The zero-order chi connectivity index (χ0) is 11.6. The van der Waals surface area contributed by atoms with Gasteiger partial charge in [-0.15, -0.1) is 0 Å². The lowest BCUT2D eigenvalue weighted by atomic mass is 9.84. The molecule has 0 radical (unpaired) electrons. The van der Waals surface area contributed by atoms with Crippen molar-refractivity contribution in [3.05, 3.63) is 0 Å². The summed E-state index contributed by atoms with van der Waals surface area (Å²) in [5.74, 6) is 1.01. The van der Waals surface area contributed by atoms with Crippen LogP contribution in [0.15, 0.2) is 0 Å². The summed E-state index contributed by atoms with van der Waals surface area (Å²) in [6.07, 6.45) is 10.2. The molecule has 0 aromatic carbocycles. The van der Waals surface area contributed by atoms with Crippen molar-refractivity contribution in [2.45, 2.75) is 65.7 Å². The van der Waals surface area contributed by atoms with Crippen LogP contribution in [-0.2, 0) is 0 Å². The average Bonchev–Trinajstić information content (AvgIpc) is 2.92. The van der Waals surface area contributed by atoms with Crippen molar-refractivity contribution in [1.29, 1.82) is 0 Å². The highest BCUT2D eigenvalue weighted by Crippen LogP contribution is 2.61. The van der Waals surface area contributed by atoms with Crippen molar-refractivity contribution in [3.8, 4) is 0 Å². The van der Waals surface area contributed by atoms with Crippen molar-refractivity contribution >= 4 is 0 Å². The van der Waals surface area contributed by atoms with E-state index in [1.807, 2.05) is 0 Å². The fourth-order valence-electron chi connectivity index (χ4n) is 3.54. The Morgan fingerprint density at radius 2 is 1.94 bits per heavy atom. The monoisotopic (exact) mass is 223 g/mol. The van der Waals surface area contributed by atoms with E-state index in [-0.39, 0.29) is 0 Å². The van der Waals surface area contributed by atoms with Crippen LogP contribution in [0.4, 0.5) is 0 Å². The maximum absolute atomic E-state index is 3.61. The standard InChI is InChI=1S/C15H29N/c1-4-10-16-12-13-11-15(13)7-5-6-14(2,3)8-9-15/h13,16H,4-12H2,1-3H3. The first-order chi connectivity index (χ1) is 7.58. The average molecular weight is 223 g/mol. The molecule has 1 heteroatoms. The Kier molecular flexibility index (Phi) is 3.63. The largest absolute Gasteiger partial charge is 0.316 e. The first-order valence-electron chi connectivity index (χ1n) is 7.29. The van der Waals surface area contributed by atoms with Gasteiger partial charge in [-0.2, -0.15) is 0 Å². The molecule has 0 bridgehead atoms. The van der Waals surface area contributed by atoms with Gasteiger partial charge in [-0.25, -0.2) is 0 Å². The summed E-state index contributed by atoms with van der Waals surface area (Å²) in [6, 6.07) is 0. The van der Waals surface area contributed by atoms with Crippen LogP contribution in [-0.4, -0.2) is 13.1 Å². The molecule has 0 heterocycles. The van der Waals surface area contributed by atoms with Crippen LogP contribution < -0.4 is 5.32 Å². The molecule has 0 amide bonds. The predicted octanol–water partition coefficient (Wildman–Crippen LogP) is 3.98. The molecule has 16 heavy (non-hydrogen) atoms. The summed E-state index contributed by atoms with van der Waals surface area (Å²) in [6.45, 7) is 9.66. The van der Waals surface area contributed by atoms with Gasteiger partial charge in [-0.05, 0) is 68.4 Å². The summed E-state index contributed by atoms with van der Waals surface area (Å²) in [5, 5.41) is 3.61. The van der Waals surface area contributed by atoms with E-state index >= 15 is 0 Å². The second kappa shape index (κ2) is 4.68. The van der Waals surface area contributed by atoms with Crippen molar-refractivity contribution in [1.82, 2.24) is 5.32 Å². The third-order valence-corrected chi connectivity index (χ3v) is 5.00. The molecule has 1 N–H and O–H groups in total. The summed E-state index contributed by atoms with van der Waals surface area (Å²) < 4.78 is 0. The number of hydrogen-bond donors (Lipinski definition) is 1. The maximum Gasteiger partial charge on any atom is -0.00150 e. The highest BCUT2D eigenvalue weighted by Gasteiger charge is 2.53. The van der Waals surface area contributed by atoms with Crippen molar-refractivity contribution in [3.63, 3.8) is 0 Å². The topological polar surface area (TPSA) is 12.0 Å². The molecular weight excluding hydrogens is 194 g/mol. The van der Waals surface area contributed by atoms with Crippen LogP contribution in [0.2, 0.25) is 0 Å². The summed E-state index contributed by atoms with van der Waals surface area (Å²) in [4.78, 5) is 0. The minimum atomic E-state index is 0.619. The van der Waals surface area contributed by atoms with Crippen LogP contribution in [0, 0.1) is 16.7 Å². The highest BCUT2D eigenvalue weighted by atomic mass is 14.9. The Bertz CT molecular complexity index is 234. The highest BCUT2D eigenvalue weighted by molar-refractivity contribution is 5.04. The van der Waals surface area contributed by atoms with Crippen molar-refractivity contribution in [2.24, 2.45) is 16.7 Å². The molecule has 0 aliphatic heterocycles. The van der Waals surface area contributed by atoms with Crippen LogP contribution in [0.25, 0.3) is 0 Å². The van der Waals surface area contributed by atoms with Gasteiger partial charge in [0.15, 0.2) is 0 Å². The van der Waals surface area contributed by atoms with E-state index in [2.05, 4.69) is 26.1 Å². The lowest BCUT2D eigenvalue weighted by Crippen LogP contribution is -2.20. The molecule has 94 valence electrons. The summed E-state index contributed by atoms with van der Waals surface area (Å²) in [5.41, 5.74) is 1.39. The molecule has 2 unspecified atom stereocenters. The van der Waals surface area contributed by atoms with E-state index in [0.29, 0.717) is 5.41 Å². The first kappa shape index (κ1) is 12.4. The SMILES string of the molecule is CCCNCC1CC12CCCC(C)(C)CC2. The molecule has 1 nitrogen and oxygen atoms in total. The molecular formula is C15H29N. The molecule has 2 fully saturated rings. The Morgan fingerprint density at radius 1 is 1.12 bits per heavy atom. The minimum Gasteiger partial charge on any atom is -0.316 e. The zero-order valence-corrected chi connectivity index (χ0v) is 11.4. The van der Waals surface area contributed by atoms with E-state index in [1.54, 1.807) is 0 Å². The molecule has 0 aromatic heterocycles. The van der Waals surface area contributed by atoms with Gasteiger partial charge in [-0.1, -0.05) is 27.2 Å². The molecule has 2 aliphatic rings. The molecule has 0 saturated heterocycles. The third-order valence-electron chi connectivity index (χ3n) is 5.00. The van der Waals surface area contributed by atoms with Crippen LogP contribution in [0.1, 0.15) is 65.7 Å². The van der Waals surface area contributed by atoms with Crippen molar-refractivity contribution in [2.75, 3.05) is 13.1 Å². The smallest absolute Gasteiger partial charge is 0.00150 e. The van der Waals surface area contributed by atoms with E-state index in [0.717, 1.165) is 11.3 Å². The fraction of sp³-hybridized carbons (Fsp3) is 1.00. The van der Waals surface area contributed by atoms with Gasteiger partial charge in [-0.3, -0.25) is 0 Å². The second-order valence-corrected chi connectivity index (χ2v) is 6.99. The third kappa shape index (κ3) is 2.80. The van der Waals surface area contributed by atoms with Crippen LogP contribution >= 0.6 is 0 Å². The van der Waals surface area contributed by atoms with E-state index in [4.69, 9.17) is 0 Å². The molecule has 2 atom stereocenters. The number of nitrogens with one attached hydrogen (secondary N) is 1. The molecule has 2 aliphatic carbocycles. The molecule has 1 spiro atoms. The molecule has 2 saturated carbocycles. The van der Waals surface area contributed by atoms with Crippen molar-refractivity contribution < 1.29 is 0 Å². The Morgan fingerprint density at radius 3 is 2.69 bits per heavy atom. The number of rotatable bonds is 4. The van der Waals surface area contributed by atoms with E-state index < -0.39 is 0 Å². The summed E-state index contributed by atoms with van der Waals surface area (Å²) >= 11 is 0. The maximum atomic E-state index is 3.61. The van der Waals surface area contributed by atoms with Gasteiger partial charge < -0.3 is 5.32 Å². The lowest BCUT2D eigenvalue weighted by Gasteiger charge is -2.22. The minimum absolute atomic E-state index is 0.619. The Balaban J connectivity index is 1.78. The Hall–Kier alpha value is -0.0400. The quantitative estimate of drug-likeness (QED) is 0.711. The van der Waals surface area contributed by atoms with E-state index in [9.17, 15) is 0 Å². The van der Waals surface area contributed by atoms with Gasteiger partial charge in [0.25, 0.3) is 0 Å².